The molecule has 1 aromatic carbocycles. The second-order valence-corrected chi connectivity index (χ2v) is 5.94. The number of imide groups is 1. The van der Waals surface area contributed by atoms with Gasteiger partial charge in [-0.3, -0.25) is 14.5 Å². The number of anilines is 1. The Morgan fingerprint density at radius 1 is 0.900 bits per heavy atom. The zero-order chi connectivity index (χ0) is 14.0. The second-order valence-electron chi connectivity index (χ2n) is 5.94. The molecule has 5 heteroatoms. The van der Waals surface area contributed by atoms with Gasteiger partial charge in [0.05, 0.1) is 29.7 Å². The number of nitrogens with zero attached hydrogens (tertiary/aromatic N) is 1. The largest absolute Gasteiger partial charge is 0.390 e. The molecule has 2 saturated carbocycles. The third-order valence-corrected chi connectivity index (χ3v) is 5.11. The third-order valence-electron chi connectivity index (χ3n) is 5.11. The summed E-state index contributed by atoms with van der Waals surface area (Å²) >= 11 is 0. The summed E-state index contributed by atoms with van der Waals surface area (Å²) in [6.45, 7) is 0. The summed E-state index contributed by atoms with van der Waals surface area (Å²) in [5.74, 6) is -1.97. The van der Waals surface area contributed by atoms with E-state index in [1.54, 1.807) is 24.3 Å². The van der Waals surface area contributed by atoms with Crippen molar-refractivity contribution in [2.45, 2.75) is 18.6 Å². The highest BCUT2D eigenvalue weighted by molar-refractivity contribution is 6.22. The fourth-order valence-electron chi connectivity index (χ4n) is 4.26. The maximum absolute atomic E-state index is 12.6. The summed E-state index contributed by atoms with van der Waals surface area (Å²) in [5, 5.41) is 19.9. The van der Waals surface area contributed by atoms with Crippen molar-refractivity contribution in [3.05, 3.63) is 30.3 Å². The molecular weight excluding hydrogens is 258 g/mol. The predicted molar refractivity (Wildman–Crippen MR) is 69.5 cm³/mol. The lowest BCUT2D eigenvalue weighted by atomic mass is 9.78. The van der Waals surface area contributed by atoms with Crippen LogP contribution in [-0.4, -0.2) is 34.2 Å². The van der Waals surface area contributed by atoms with E-state index in [1.807, 2.05) is 6.07 Å². The van der Waals surface area contributed by atoms with E-state index < -0.39 is 24.0 Å². The van der Waals surface area contributed by atoms with E-state index >= 15 is 0 Å². The number of fused-ring (bicyclic) bond motifs is 5. The van der Waals surface area contributed by atoms with Crippen molar-refractivity contribution in [1.29, 1.82) is 0 Å². The molecule has 104 valence electrons. The van der Waals surface area contributed by atoms with Gasteiger partial charge < -0.3 is 10.2 Å². The molecule has 0 radical (unpaired) electrons. The molecule has 1 heterocycles. The molecule has 1 aliphatic heterocycles. The van der Waals surface area contributed by atoms with Gasteiger partial charge in [0.25, 0.3) is 0 Å². The summed E-state index contributed by atoms with van der Waals surface area (Å²) in [4.78, 5) is 26.3. The number of hydrogen-bond donors (Lipinski definition) is 2. The molecule has 2 N–H and O–H groups in total. The maximum atomic E-state index is 12.6. The fourth-order valence-corrected chi connectivity index (χ4v) is 4.26. The summed E-state index contributed by atoms with van der Waals surface area (Å²) in [7, 11) is 0. The van der Waals surface area contributed by atoms with Crippen LogP contribution in [0.5, 0.6) is 0 Å². The van der Waals surface area contributed by atoms with E-state index in [4.69, 9.17) is 0 Å². The Hall–Kier alpha value is -1.72. The summed E-state index contributed by atoms with van der Waals surface area (Å²) in [6, 6.07) is 8.84. The van der Waals surface area contributed by atoms with E-state index in [0.29, 0.717) is 12.1 Å². The van der Waals surface area contributed by atoms with Crippen LogP contribution in [0, 0.1) is 23.7 Å². The highest BCUT2D eigenvalue weighted by Gasteiger charge is 2.67. The molecule has 3 fully saturated rings. The van der Waals surface area contributed by atoms with Crippen LogP contribution in [0.15, 0.2) is 30.3 Å². The van der Waals surface area contributed by atoms with Gasteiger partial charge in [-0.15, -0.1) is 0 Å². The van der Waals surface area contributed by atoms with Crippen molar-refractivity contribution < 1.29 is 19.8 Å². The lowest BCUT2D eigenvalue weighted by Crippen LogP contribution is -2.43. The average molecular weight is 273 g/mol. The third kappa shape index (κ3) is 1.29. The molecular formula is C15H15NO4. The number of hydrogen-bond acceptors (Lipinski definition) is 4. The predicted octanol–water partition coefficient (Wildman–Crippen LogP) is 0.164. The number of para-hydroxylation sites is 1. The van der Waals surface area contributed by atoms with Crippen LogP contribution in [0.3, 0.4) is 0 Å². The summed E-state index contributed by atoms with van der Waals surface area (Å²) in [6.07, 6.45) is -1.19. The Bertz CT molecular complexity index is 555. The summed E-state index contributed by atoms with van der Waals surface area (Å²) < 4.78 is 0. The van der Waals surface area contributed by atoms with Gasteiger partial charge in [-0.25, -0.2) is 0 Å². The van der Waals surface area contributed by atoms with Crippen molar-refractivity contribution in [2.75, 3.05) is 4.90 Å². The zero-order valence-electron chi connectivity index (χ0n) is 10.7. The molecule has 6 atom stereocenters. The van der Waals surface area contributed by atoms with Crippen LogP contribution >= 0.6 is 0 Å². The van der Waals surface area contributed by atoms with Gasteiger partial charge in [0.15, 0.2) is 0 Å². The Morgan fingerprint density at radius 3 is 1.90 bits per heavy atom. The first-order chi connectivity index (χ1) is 9.61. The molecule has 3 aliphatic rings. The van der Waals surface area contributed by atoms with Crippen molar-refractivity contribution in [2.24, 2.45) is 23.7 Å². The number of carbonyl (C=O) groups excluding carboxylic acids is 2. The topological polar surface area (TPSA) is 77.8 Å². The number of aliphatic hydroxyl groups excluding tert-OH is 2. The molecule has 0 spiro atoms. The number of amides is 2. The van der Waals surface area contributed by atoms with Gasteiger partial charge in [-0.05, 0) is 18.6 Å². The van der Waals surface area contributed by atoms with Crippen LogP contribution in [0.1, 0.15) is 6.42 Å². The Morgan fingerprint density at radius 2 is 1.40 bits per heavy atom. The number of rotatable bonds is 1. The number of aliphatic hydroxyl groups is 2. The molecule has 2 bridgehead atoms. The maximum Gasteiger partial charge on any atom is 0.238 e. The first-order valence-corrected chi connectivity index (χ1v) is 6.90. The minimum absolute atomic E-state index is 0.232. The van der Waals surface area contributed by atoms with E-state index in [-0.39, 0.29) is 23.7 Å². The minimum Gasteiger partial charge on any atom is -0.390 e. The van der Waals surface area contributed by atoms with Crippen molar-refractivity contribution in [3.63, 3.8) is 0 Å². The highest BCUT2D eigenvalue weighted by atomic mass is 16.3. The summed E-state index contributed by atoms with van der Waals surface area (Å²) in [5.41, 5.74) is 0.570. The zero-order valence-corrected chi connectivity index (χ0v) is 10.7. The Balaban J connectivity index is 1.75. The average Bonchev–Trinajstić information content (AvgIpc) is 3.05. The lowest BCUT2D eigenvalue weighted by Gasteiger charge is -2.29. The molecule has 1 aromatic rings. The van der Waals surface area contributed by atoms with E-state index in [0.717, 1.165) is 0 Å². The van der Waals surface area contributed by atoms with Gasteiger partial charge in [0, 0.05) is 11.8 Å². The van der Waals surface area contributed by atoms with Gasteiger partial charge in [-0.2, -0.15) is 0 Å². The molecule has 5 nitrogen and oxygen atoms in total. The molecule has 4 rings (SSSR count). The van der Waals surface area contributed by atoms with Crippen molar-refractivity contribution in [1.82, 2.24) is 0 Å². The fraction of sp³-hybridized carbons (Fsp3) is 0.467. The van der Waals surface area contributed by atoms with E-state index in [1.165, 1.54) is 4.90 Å². The molecule has 1 saturated heterocycles. The first kappa shape index (κ1) is 12.1. The Labute approximate surface area is 115 Å². The van der Waals surface area contributed by atoms with Gasteiger partial charge in [0.1, 0.15) is 0 Å². The molecule has 0 unspecified atom stereocenters. The van der Waals surface area contributed by atoms with Crippen LogP contribution in [0.4, 0.5) is 5.69 Å². The number of carbonyl (C=O) groups is 2. The molecule has 20 heavy (non-hydrogen) atoms. The normalized spacial score (nSPS) is 42.4. The number of benzene rings is 1. The van der Waals surface area contributed by atoms with Crippen molar-refractivity contribution in [3.8, 4) is 0 Å². The van der Waals surface area contributed by atoms with Crippen LogP contribution in [-0.2, 0) is 9.59 Å². The van der Waals surface area contributed by atoms with Gasteiger partial charge in [0.2, 0.25) is 11.8 Å². The van der Waals surface area contributed by atoms with Crippen LogP contribution in [0.2, 0.25) is 0 Å². The quantitative estimate of drug-likeness (QED) is 0.715. The van der Waals surface area contributed by atoms with Crippen LogP contribution < -0.4 is 4.90 Å². The minimum atomic E-state index is -0.881. The monoisotopic (exact) mass is 273 g/mol. The van der Waals surface area contributed by atoms with E-state index in [2.05, 4.69) is 0 Å². The van der Waals surface area contributed by atoms with Crippen molar-refractivity contribution >= 4 is 17.5 Å². The van der Waals surface area contributed by atoms with Gasteiger partial charge >= 0.3 is 0 Å². The Kier molecular flexibility index (Phi) is 2.35. The van der Waals surface area contributed by atoms with Crippen LogP contribution in [0.25, 0.3) is 0 Å². The molecule has 2 amide bonds. The molecule has 2 aliphatic carbocycles. The first-order valence-electron chi connectivity index (χ1n) is 6.90. The second kappa shape index (κ2) is 3.90. The molecule has 0 aromatic heterocycles. The standard InChI is InChI=1S/C15H15NO4/c17-12-8-6-9(13(12)18)11-10(8)14(19)16(15(11)20)7-4-2-1-3-5-7/h1-5,8-13,17-18H,6H2/t8-,9-,10-,11-,12-,13-/m0/s1. The highest BCUT2D eigenvalue weighted by Crippen LogP contribution is 2.56. The smallest absolute Gasteiger partial charge is 0.238 e. The lowest BCUT2D eigenvalue weighted by molar-refractivity contribution is -0.129. The van der Waals surface area contributed by atoms with Gasteiger partial charge in [-0.1, -0.05) is 18.2 Å². The van der Waals surface area contributed by atoms with E-state index in [9.17, 15) is 19.8 Å². The SMILES string of the molecule is O=C1[C@H]2[C@@H]3C[C@H]([C@H](O)[C@H]3O)[C@@H]2C(=O)N1c1ccccc1.